The van der Waals surface area contributed by atoms with E-state index >= 15 is 0 Å². The molecule has 1 unspecified atom stereocenters. The van der Waals surface area contributed by atoms with E-state index in [9.17, 15) is 27.2 Å². The SMILES string of the molecule is CC(C)c1c(C(=O)NCC(O)C(F)(F)F)cn2nc(-c3ccc(Cl)c(F)c3)[nH]c(=O)c12. The molecule has 0 aliphatic rings. The number of amides is 1. The molecule has 31 heavy (non-hydrogen) atoms. The summed E-state index contributed by atoms with van der Waals surface area (Å²) in [5, 5.41) is 15.2. The van der Waals surface area contributed by atoms with Crippen molar-refractivity contribution >= 4 is 23.0 Å². The summed E-state index contributed by atoms with van der Waals surface area (Å²) < 4.78 is 52.4. The topological polar surface area (TPSA) is 99.5 Å². The minimum absolute atomic E-state index is 0.00201. The lowest BCUT2D eigenvalue weighted by Crippen LogP contribution is -2.40. The van der Waals surface area contributed by atoms with E-state index in [1.807, 2.05) is 5.32 Å². The zero-order chi connectivity index (χ0) is 23.1. The van der Waals surface area contributed by atoms with Gasteiger partial charge in [0.1, 0.15) is 11.3 Å². The third kappa shape index (κ3) is 4.57. The van der Waals surface area contributed by atoms with Crippen LogP contribution in [0.3, 0.4) is 0 Å². The van der Waals surface area contributed by atoms with Crippen molar-refractivity contribution in [3.05, 3.63) is 56.7 Å². The van der Waals surface area contributed by atoms with Crippen molar-refractivity contribution in [1.29, 1.82) is 0 Å². The van der Waals surface area contributed by atoms with Crippen molar-refractivity contribution in [2.45, 2.75) is 32.0 Å². The molecule has 3 aromatic rings. The molecule has 2 heterocycles. The smallest absolute Gasteiger partial charge is 0.382 e. The van der Waals surface area contributed by atoms with Crippen LogP contribution >= 0.6 is 11.6 Å². The molecule has 1 amide bonds. The van der Waals surface area contributed by atoms with E-state index in [-0.39, 0.29) is 39.0 Å². The average molecular weight is 461 g/mol. The second-order valence-corrected chi connectivity index (χ2v) is 7.51. The van der Waals surface area contributed by atoms with Gasteiger partial charge in [-0.05, 0) is 24.1 Å². The molecule has 0 bridgehead atoms. The predicted octanol–water partition coefficient (Wildman–Crippen LogP) is 3.26. The molecular weight excluding hydrogens is 444 g/mol. The Hall–Kier alpha value is -2.92. The molecule has 0 aliphatic carbocycles. The van der Waals surface area contributed by atoms with Gasteiger partial charge in [0.05, 0.1) is 17.1 Å². The number of nitrogens with one attached hydrogen (secondary N) is 2. The highest BCUT2D eigenvalue weighted by Crippen LogP contribution is 2.26. The number of aliphatic hydroxyl groups excluding tert-OH is 1. The van der Waals surface area contributed by atoms with E-state index in [4.69, 9.17) is 16.7 Å². The number of aromatic nitrogens is 3. The third-order valence-electron chi connectivity index (χ3n) is 4.53. The van der Waals surface area contributed by atoms with Gasteiger partial charge in [0.15, 0.2) is 11.9 Å². The Kier molecular flexibility index (Phi) is 6.10. The summed E-state index contributed by atoms with van der Waals surface area (Å²) in [7, 11) is 0. The molecule has 3 rings (SSSR count). The fourth-order valence-corrected chi connectivity index (χ4v) is 3.17. The number of halogens is 5. The highest BCUT2D eigenvalue weighted by atomic mass is 35.5. The Bertz CT molecular complexity index is 1200. The van der Waals surface area contributed by atoms with Gasteiger partial charge in [-0.25, -0.2) is 8.91 Å². The van der Waals surface area contributed by atoms with Gasteiger partial charge in [0.2, 0.25) is 0 Å². The van der Waals surface area contributed by atoms with Gasteiger partial charge in [-0.3, -0.25) is 9.59 Å². The lowest BCUT2D eigenvalue weighted by Gasteiger charge is -2.15. The van der Waals surface area contributed by atoms with E-state index in [2.05, 4.69) is 10.1 Å². The largest absolute Gasteiger partial charge is 0.416 e. The van der Waals surface area contributed by atoms with Crippen molar-refractivity contribution in [3.8, 4) is 11.4 Å². The number of carbonyl (C=O) groups is 1. The van der Waals surface area contributed by atoms with Gasteiger partial charge in [-0.1, -0.05) is 25.4 Å². The van der Waals surface area contributed by atoms with Crippen LogP contribution in [-0.2, 0) is 0 Å². The minimum atomic E-state index is -4.89. The first-order valence-electron chi connectivity index (χ1n) is 9.04. The summed E-state index contributed by atoms with van der Waals surface area (Å²) in [6, 6.07) is 3.80. The molecular formula is C19H17ClF4N4O3. The molecule has 12 heteroatoms. The first-order valence-corrected chi connectivity index (χ1v) is 9.42. The summed E-state index contributed by atoms with van der Waals surface area (Å²) in [5.74, 6) is -1.99. The second-order valence-electron chi connectivity index (χ2n) is 7.10. The molecule has 0 spiro atoms. The molecule has 1 atom stereocenters. The molecule has 1 aromatic carbocycles. The van der Waals surface area contributed by atoms with Crippen molar-refractivity contribution in [3.63, 3.8) is 0 Å². The van der Waals surface area contributed by atoms with Gasteiger partial charge < -0.3 is 15.4 Å². The van der Waals surface area contributed by atoms with Crippen LogP contribution in [0.15, 0.2) is 29.2 Å². The molecule has 0 aliphatic heterocycles. The number of hydrogen-bond donors (Lipinski definition) is 3. The van der Waals surface area contributed by atoms with Crippen molar-refractivity contribution in [2.75, 3.05) is 6.54 Å². The number of aliphatic hydroxyl groups is 1. The number of H-pyrrole nitrogens is 1. The molecule has 3 N–H and O–H groups in total. The average Bonchev–Trinajstić information content (AvgIpc) is 3.07. The van der Waals surface area contributed by atoms with E-state index in [1.54, 1.807) is 13.8 Å². The number of nitrogens with zero attached hydrogens (tertiary/aromatic N) is 2. The van der Waals surface area contributed by atoms with Gasteiger partial charge in [-0.2, -0.15) is 13.2 Å². The Labute approximate surface area is 177 Å². The highest BCUT2D eigenvalue weighted by molar-refractivity contribution is 6.30. The summed E-state index contributed by atoms with van der Waals surface area (Å²) in [6.07, 6.45) is -6.42. The molecule has 166 valence electrons. The molecule has 7 nitrogen and oxygen atoms in total. The number of alkyl halides is 3. The van der Waals surface area contributed by atoms with Crippen LogP contribution in [0.2, 0.25) is 5.02 Å². The first-order chi connectivity index (χ1) is 14.4. The molecule has 0 fully saturated rings. The summed E-state index contributed by atoms with van der Waals surface area (Å²) in [6.45, 7) is 2.34. The normalized spacial score (nSPS) is 13.1. The van der Waals surface area contributed by atoms with Crippen LogP contribution in [0.25, 0.3) is 16.9 Å². The molecule has 0 saturated carbocycles. The van der Waals surface area contributed by atoms with Gasteiger partial charge >= 0.3 is 6.18 Å². The van der Waals surface area contributed by atoms with Crippen LogP contribution in [0.1, 0.15) is 35.7 Å². The standard InChI is InChI=1S/C19H17ClF4N4O3/c1-8(2)14-10(17(30)25-6-13(29)19(22,23)24)7-28-15(14)18(31)26-16(27-28)9-3-4-11(20)12(21)5-9/h3-5,7-8,13,29H,6H2,1-2H3,(H,25,30)(H,26,27,31). The Balaban J connectivity index is 2.06. The van der Waals surface area contributed by atoms with E-state index in [0.717, 1.165) is 10.6 Å². The van der Waals surface area contributed by atoms with E-state index in [0.29, 0.717) is 0 Å². The lowest BCUT2D eigenvalue weighted by atomic mass is 10.00. The maximum absolute atomic E-state index is 13.8. The van der Waals surface area contributed by atoms with Crippen LogP contribution in [0.4, 0.5) is 17.6 Å². The fourth-order valence-electron chi connectivity index (χ4n) is 3.05. The van der Waals surface area contributed by atoms with Crippen molar-refractivity contribution in [2.24, 2.45) is 0 Å². The number of carbonyl (C=O) groups excluding carboxylic acids is 1. The monoisotopic (exact) mass is 460 g/mol. The second kappa shape index (κ2) is 8.31. The highest BCUT2D eigenvalue weighted by Gasteiger charge is 2.38. The van der Waals surface area contributed by atoms with Crippen molar-refractivity contribution < 1.29 is 27.5 Å². The maximum atomic E-state index is 13.8. The zero-order valence-electron chi connectivity index (χ0n) is 16.2. The number of hydrogen-bond acceptors (Lipinski definition) is 4. The minimum Gasteiger partial charge on any atom is -0.382 e. The van der Waals surface area contributed by atoms with Crippen LogP contribution in [0, 0.1) is 5.82 Å². The summed E-state index contributed by atoms with van der Waals surface area (Å²) in [4.78, 5) is 27.8. The Morgan fingerprint density at radius 3 is 2.61 bits per heavy atom. The molecule has 0 radical (unpaired) electrons. The van der Waals surface area contributed by atoms with Crippen molar-refractivity contribution in [1.82, 2.24) is 19.9 Å². The lowest BCUT2D eigenvalue weighted by molar-refractivity contribution is -0.201. The molecule has 0 saturated heterocycles. The van der Waals surface area contributed by atoms with Crippen LogP contribution in [0.5, 0.6) is 0 Å². The van der Waals surface area contributed by atoms with Crippen LogP contribution < -0.4 is 10.9 Å². The van der Waals surface area contributed by atoms with E-state index in [1.165, 1.54) is 18.3 Å². The van der Waals surface area contributed by atoms with Crippen LogP contribution in [-0.4, -0.2) is 44.4 Å². The predicted molar refractivity (Wildman–Crippen MR) is 105 cm³/mol. The Morgan fingerprint density at radius 2 is 2.03 bits per heavy atom. The first kappa shape index (κ1) is 22.8. The molecule has 2 aromatic heterocycles. The number of benzene rings is 1. The number of fused-ring (bicyclic) bond motifs is 1. The van der Waals surface area contributed by atoms with Gasteiger partial charge in [0, 0.05) is 17.3 Å². The quantitative estimate of drug-likeness (QED) is 0.509. The summed E-state index contributed by atoms with van der Waals surface area (Å²) in [5.41, 5.74) is -0.184. The number of rotatable bonds is 5. The van der Waals surface area contributed by atoms with Gasteiger partial charge in [-0.15, -0.1) is 5.10 Å². The number of aromatic amines is 1. The zero-order valence-corrected chi connectivity index (χ0v) is 17.0. The maximum Gasteiger partial charge on any atom is 0.416 e. The van der Waals surface area contributed by atoms with Gasteiger partial charge in [0.25, 0.3) is 11.5 Å². The summed E-state index contributed by atoms with van der Waals surface area (Å²) >= 11 is 5.66. The fraction of sp³-hybridized carbons (Fsp3) is 0.316. The third-order valence-corrected chi connectivity index (χ3v) is 4.84. The van der Waals surface area contributed by atoms with E-state index < -0.39 is 36.1 Å². The Morgan fingerprint density at radius 1 is 1.35 bits per heavy atom.